The summed E-state index contributed by atoms with van der Waals surface area (Å²) in [6.07, 6.45) is 0.550. The number of nitrogens with one attached hydrogen (secondary N) is 1. The molecule has 0 radical (unpaired) electrons. The van der Waals surface area contributed by atoms with Gasteiger partial charge < -0.3 is 20.1 Å². The quantitative estimate of drug-likeness (QED) is 0.126. The first-order valence-electron chi connectivity index (χ1n) is 14.7. The molecule has 0 aliphatic carbocycles. The van der Waals surface area contributed by atoms with Crippen LogP contribution in [0.4, 0.5) is 5.69 Å². The zero-order valence-corrected chi connectivity index (χ0v) is 25.5. The first kappa shape index (κ1) is 31.2. The summed E-state index contributed by atoms with van der Waals surface area (Å²) >= 11 is 1.57. The van der Waals surface area contributed by atoms with Gasteiger partial charge in [0.05, 0.1) is 13.0 Å². The average molecular weight is 619 g/mol. The number of carboxylic acids is 1. The van der Waals surface area contributed by atoms with E-state index in [-0.39, 0.29) is 18.1 Å². The molecule has 0 aliphatic rings. The molecule has 8 heteroatoms. The molecule has 1 unspecified atom stereocenters. The van der Waals surface area contributed by atoms with E-state index in [1.165, 1.54) is 0 Å². The second kappa shape index (κ2) is 15.5. The third-order valence-corrected chi connectivity index (χ3v) is 8.18. The van der Waals surface area contributed by atoms with Crippen LogP contribution in [0.2, 0.25) is 0 Å². The van der Waals surface area contributed by atoms with Gasteiger partial charge in [-0.05, 0) is 46.8 Å². The molecule has 4 aromatic carbocycles. The van der Waals surface area contributed by atoms with E-state index in [2.05, 4.69) is 5.32 Å². The van der Waals surface area contributed by atoms with Crippen molar-refractivity contribution in [2.24, 2.45) is 0 Å². The van der Waals surface area contributed by atoms with Crippen molar-refractivity contribution in [2.75, 3.05) is 18.5 Å². The van der Waals surface area contributed by atoms with Gasteiger partial charge in [0.25, 0.3) is 0 Å². The van der Waals surface area contributed by atoms with Crippen molar-refractivity contribution >= 4 is 34.7 Å². The van der Waals surface area contributed by atoms with Crippen molar-refractivity contribution in [1.82, 2.24) is 4.90 Å². The first-order chi connectivity index (χ1) is 22.0. The normalized spacial score (nSPS) is 11.4. The highest BCUT2D eigenvalue weighted by atomic mass is 32.1. The number of carboxylic acid groups (broad SMARTS) is 1. The second-order valence-corrected chi connectivity index (χ2v) is 11.6. The number of carbonyl (C=O) groups is 3. The van der Waals surface area contributed by atoms with Crippen molar-refractivity contribution in [3.05, 3.63) is 154 Å². The van der Waals surface area contributed by atoms with E-state index in [1.807, 2.05) is 70.9 Å². The maximum Gasteiger partial charge on any atom is 0.326 e. The maximum absolute atomic E-state index is 13.1. The lowest BCUT2D eigenvalue weighted by Gasteiger charge is -2.23. The number of amides is 1. The van der Waals surface area contributed by atoms with Crippen LogP contribution >= 0.6 is 11.3 Å². The highest BCUT2D eigenvalue weighted by Gasteiger charge is 2.21. The van der Waals surface area contributed by atoms with Crippen LogP contribution in [0.3, 0.4) is 0 Å². The minimum atomic E-state index is -1.02. The predicted octanol–water partition coefficient (Wildman–Crippen LogP) is 6.74. The Kier molecular flexibility index (Phi) is 10.8. The van der Waals surface area contributed by atoms with Gasteiger partial charge in [-0.25, -0.2) is 4.79 Å². The van der Waals surface area contributed by atoms with Crippen LogP contribution in [0.25, 0.3) is 0 Å². The lowest BCUT2D eigenvalue weighted by atomic mass is 10.00. The van der Waals surface area contributed by atoms with E-state index in [0.29, 0.717) is 48.7 Å². The number of para-hydroxylation sites is 1. The SMILES string of the molecule is O=C(c1ccccc1)c1ccccc1NC(Cc1ccc(OCCN(Cc2ccccc2)C(=O)Cc2cccs2)cc1)C(=O)O. The van der Waals surface area contributed by atoms with Gasteiger partial charge in [0.1, 0.15) is 18.4 Å². The molecule has 1 amide bonds. The van der Waals surface area contributed by atoms with Crippen LogP contribution in [-0.4, -0.2) is 46.9 Å². The summed E-state index contributed by atoms with van der Waals surface area (Å²) in [4.78, 5) is 41.3. The van der Waals surface area contributed by atoms with Crippen LogP contribution < -0.4 is 10.1 Å². The molecule has 0 aliphatic heterocycles. The Bertz CT molecular complexity index is 1690. The van der Waals surface area contributed by atoms with E-state index in [4.69, 9.17) is 4.74 Å². The summed E-state index contributed by atoms with van der Waals surface area (Å²) in [5.41, 5.74) is 3.26. The molecule has 7 nitrogen and oxygen atoms in total. The summed E-state index contributed by atoms with van der Waals surface area (Å²) in [6, 6.07) is 36.0. The Morgan fingerprint density at radius 1 is 0.778 bits per heavy atom. The molecule has 0 saturated heterocycles. The highest BCUT2D eigenvalue weighted by molar-refractivity contribution is 7.10. The summed E-state index contributed by atoms with van der Waals surface area (Å²) in [6.45, 7) is 1.23. The van der Waals surface area contributed by atoms with Crippen molar-refractivity contribution in [2.45, 2.75) is 25.4 Å². The fourth-order valence-corrected chi connectivity index (χ4v) is 5.64. The standard InChI is InChI=1S/C37H34N2O5S/c40-35(25-31-14-9-23-45-31)39(26-28-10-3-1-4-11-28)21-22-44-30-19-17-27(18-20-30)24-34(37(42)43)38-33-16-8-7-15-32(33)36(41)29-12-5-2-6-13-29/h1-20,23,34,38H,21-22,24-26H2,(H,42,43). The average Bonchev–Trinajstić information content (AvgIpc) is 3.58. The lowest BCUT2D eigenvalue weighted by Crippen LogP contribution is -2.35. The number of nitrogens with zero attached hydrogens (tertiary/aromatic N) is 1. The summed E-state index contributed by atoms with van der Waals surface area (Å²) in [7, 11) is 0. The van der Waals surface area contributed by atoms with Crippen molar-refractivity contribution in [3.63, 3.8) is 0 Å². The molecule has 228 valence electrons. The van der Waals surface area contributed by atoms with E-state index in [1.54, 1.807) is 72.0 Å². The van der Waals surface area contributed by atoms with Gasteiger partial charge >= 0.3 is 5.97 Å². The van der Waals surface area contributed by atoms with Crippen LogP contribution in [0, 0.1) is 0 Å². The van der Waals surface area contributed by atoms with Crippen LogP contribution in [0.5, 0.6) is 5.75 Å². The van der Waals surface area contributed by atoms with E-state index in [0.717, 1.165) is 16.0 Å². The van der Waals surface area contributed by atoms with Crippen LogP contribution in [-0.2, 0) is 29.0 Å². The number of anilines is 1. The molecule has 5 aromatic rings. The Morgan fingerprint density at radius 3 is 2.16 bits per heavy atom. The molecule has 1 heterocycles. The van der Waals surface area contributed by atoms with Gasteiger partial charge in [-0.3, -0.25) is 9.59 Å². The highest BCUT2D eigenvalue weighted by Crippen LogP contribution is 2.22. The summed E-state index contributed by atoms with van der Waals surface area (Å²) in [5, 5.41) is 15.0. The molecule has 1 aromatic heterocycles. The molecular formula is C37H34N2O5S. The van der Waals surface area contributed by atoms with E-state index < -0.39 is 12.0 Å². The third kappa shape index (κ3) is 8.90. The molecule has 0 spiro atoms. The van der Waals surface area contributed by atoms with Crippen LogP contribution in [0.15, 0.2) is 127 Å². The summed E-state index contributed by atoms with van der Waals surface area (Å²) < 4.78 is 5.99. The maximum atomic E-state index is 13.1. The molecule has 0 fully saturated rings. The number of rotatable bonds is 15. The zero-order valence-electron chi connectivity index (χ0n) is 24.7. The molecule has 2 N–H and O–H groups in total. The fourth-order valence-electron chi connectivity index (χ4n) is 4.94. The van der Waals surface area contributed by atoms with Crippen molar-refractivity contribution < 1.29 is 24.2 Å². The minimum Gasteiger partial charge on any atom is -0.492 e. The van der Waals surface area contributed by atoms with Gasteiger partial charge in [-0.1, -0.05) is 91.0 Å². The Hall–Kier alpha value is -5.21. The van der Waals surface area contributed by atoms with Gasteiger partial charge in [-0.2, -0.15) is 0 Å². The van der Waals surface area contributed by atoms with E-state index >= 15 is 0 Å². The number of hydrogen-bond donors (Lipinski definition) is 2. The number of benzene rings is 4. The predicted molar refractivity (Wildman–Crippen MR) is 177 cm³/mol. The number of hydrogen-bond acceptors (Lipinski definition) is 6. The monoisotopic (exact) mass is 618 g/mol. The Balaban J connectivity index is 1.19. The molecule has 45 heavy (non-hydrogen) atoms. The Labute approximate surface area is 266 Å². The largest absolute Gasteiger partial charge is 0.492 e. The number of aliphatic carboxylic acids is 1. The lowest BCUT2D eigenvalue weighted by molar-refractivity contribution is -0.138. The smallest absolute Gasteiger partial charge is 0.326 e. The second-order valence-electron chi connectivity index (χ2n) is 10.5. The molecule has 0 bridgehead atoms. The number of ketones is 1. The van der Waals surface area contributed by atoms with Gasteiger partial charge in [-0.15, -0.1) is 11.3 Å². The van der Waals surface area contributed by atoms with E-state index in [9.17, 15) is 19.5 Å². The Morgan fingerprint density at radius 2 is 1.47 bits per heavy atom. The molecule has 1 atom stereocenters. The number of ether oxygens (including phenoxy) is 1. The van der Waals surface area contributed by atoms with Crippen LogP contribution in [0.1, 0.15) is 31.9 Å². The van der Waals surface area contributed by atoms with Crippen molar-refractivity contribution in [1.29, 1.82) is 0 Å². The first-order valence-corrected chi connectivity index (χ1v) is 15.6. The van der Waals surface area contributed by atoms with Crippen molar-refractivity contribution in [3.8, 4) is 5.75 Å². The van der Waals surface area contributed by atoms with Gasteiger partial charge in [0.2, 0.25) is 5.91 Å². The summed E-state index contributed by atoms with van der Waals surface area (Å²) in [5.74, 6) is -0.537. The minimum absolute atomic E-state index is 0.0412. The topological polar surface area (TPSA) is 95.9 Å². The number of thiophene rings is 1. The fraction of sp³-hybridized carbons (Fsp3) is 0.162. The molecular weight excluding hydrogens is 584 g/mol. The third-order valence-electron chi connectivity index (χ3n) is 7.30. The molecule has 0 saturated carbocycles. The number of carbonyl (C=O) groups excluding carboxylic acids is 2. The van der Waals surface area contributed by atoms with Gasteiger partial charge in [0.15, 0.2) is 5.78 Å². The van der Waals surface area contributed by atoms with Gasteiger partial charge in [0, 0.05) is 34.7 Å². The zero-order chi connectivity index (χ0) is 31.4. The molecule has 5 rings (SSSR count).